The minimum atomic E-state index is -0.657. The number of carboxylic acid groups (broad SMARTS) is 1. The standard InChI is InChI=1S/C14H28O4/c1-4-6-8-14(5-2,13(15)16)9-7-10-18-12-11-17-3/h4-12H2,1-3H3,(H,15,16). The number of carboxylic acids is 1. The zero-order chi connectivity index (χ0) is 13.9. The molecule has 0 radical (unpaired) electrons. The van der Waals surface area contributed by atoms with Crippen LogP contribution in [0, 0.1) is 5.41 Å². The van der Waals surface area contributed by atoms with Crippen LogP contribution in [0.5, 0.6) is 0 Å². The van der Waals surface area contributed by atoms with Crippen LogP contribution in [0.4, 0.5) is 0 Å². The van der Waals surface area contributed by atoms with Crippen LogP contribution in [0.15, 0.2) is 0 Å². The van der Waals surface area contributed by atoms with Crippen LogP contribution in [-0.4, -0.2) is 38.0 Å². The van der Waals surface area contributed by atoms with E-state index in [2.05, 4.69) is 6.92 Å². The summed E-state index contributed by atoms with van der Waals surface area (Å²) in [5.74, 6) is -0.657. The topological polar surface area (TPSA) is 55.8 Å². The highest BCUT2D eigenvalue weighted by molar-refractivity contribution is 5.74. The summed E-state index contributed by atoms with van der Waals surface area (Å²) in [6.07, 6.45) is 4.98. The van der Waals surface area contributed by atoms with E-state index in [9.17, 15) is 9.90 Å². The van der Waals surface area contributed by atoms with E-state index in [1.165, 1.54) is 0 Å². The van der Waals surface area contributed by atoms with Gasteiger partial charge in [0.2, 0.25) is 0 Å². The number of unbranched alkanes of at least 4 members (excludes halogenated alkanes) is 1. The average Bonchev–Trinajstić information content (AvgIpc) is 2.37. The van der Waals surface area contributed by atoms with Gasteiger partial charge >= 0.3 is 5.97 Å². The van der Waals surface area contributed by atoms with Crippen LogP contribution in [-0.2, 0) is 14.3 Å². The Bertz CT molecular complexity index is 218. The van der Waals surface area contributed by atoms with Crippen molar-refractivity contribution in [3.8, 4) is 0 Å². The number of ether oxygens (including phenoxy) is 2. The van der Waals surface area contributed by atoms with E-state index in [0.717, 1.165) is 25.7 Å². The van der Waals surface area contributed by atoms with Crippen LogP contribution in [0.3, 0.4) is 0 Å². The average molecular weight is 260 g/mol. The lowest BCUT2D eigenvalue weighted by Crippen LogP contribution is -2.30. The van der Waals surface area contributed by atoms with Crippen molar-refractivity contribution < 1.29 is 19.4 Å². The number of hydrogen-bond acceptors (Lipinski definition) is 3. The largest absolute Gasteiger partial charge is 0.481 e. The fourth-order valence-electron chi connectivity index (χ4n) is 2.12. The number of carbonyl (C=O) groups is 1. The lowest BCUT2D eigenvalue weighted by Gasteiger charge is -2.28. The van der Waals surface area contributed by atoms with E-state index in [-0.39, 0.29) is 0 Å². The smallest absolute Gasteiger partial charge is 0.309 e. The van der Waals surface area contributed by atoms with Crippen molar-refractivity contribution in [3.63, 3.8) is 0 Å². The summed E-state index contributed by atoms with van der Waals surface area (Å²) >= 11 is 0. The van der Waals surface area contributed by atoms with E-state index in [0.29, 0.717) is 32.7 Å². The maximum atomic E-state index is 11.5. The zero-order valence-electron chi connectivity index (χ0n) is 12.0. The second-order valence-electron chi connectivity index (χ2n) is 4.75. The van der Waals surface area contributed by atoms with Crippen molar-refractivity contribution in [2.45, 2.75) is 52.4 Å². The highest BCUT2D eigenvalue weighted by atomic mass is 16.5. The molecule has 0 fully saturated rings. The van der Waals surface area contributed by atoms with Crippen LogP contribution >= 0.6 is 0 Å². The molecule has 0 aromatic carbocycles. The molecule has 0 amide bonds. The Morgan fingerprint density at radius 3 is 2.28 bits per heavy atom. The van der Waals surface area contributed by atoms with Crippen molar-refractivity contribution in [1.29, 1.82) is 0 Å². The Morgan fingerprint density at radius 2 is 1.78 bits per heavy atom. The van der Waals surface area contributed by atoms with Crippen molar-refractivity contribution in [3.05, 3.63) is 0 Å². The van der Waals surface area contributed by atoms with E-state index in [1.54, 1.807) is 7.11 Å². The lowest BCUT2D eigenvalue weighted by atomic mass is 9.76. The SMILES string of the molecule is CCCCC(CC)(CCCOCCOC)C(=O)O. The molecule has 0 heterocycles. The first kappa shape index (κ1) is 17.4. The van der Waals surface area contributed by atoms with Gasteiger partial charge in [-0.3, -0.25) is 4.79 Å². The predicted molar refractivity (Wildman–Crippen MR) is 71.8 cm³/mol. The molecule has 0 aromatic heterocycles. The summed E-state index contributed by atoms with van der Waals surface area (Å²) in [7, 11) is 1.64. The molecule has 0 aromatic rings. The summed E-state index contributed by atoms with van der Waals surface area (Å²) in [5.41, 5.74) is -0.555. The van der Waals surface area contributed by atoms with Crippen molar-refractivity contribution >= 4 is 5.97 Å². The lowest BCUT2D eigenvalue weighted by molar-refractivity contribution is -0.150. The molecular formula is C14H28O4. The van der Waals surface area contributed by atoms with Gasteiger partial charge in [0.25, 0.3) is 0 Å². The van der Waals surface area contributed by atoms with E-state index in [1.807, 2.05) is 6.92 Å². The normalized spacial score (nSPS) is 14.4. The minimum Gasteiger partial charge on any atom is -0.481 e. The third kappa shape index (κ3) is 6.36. The van der Waals surface area contributed by atoms with Crippen LogP contribution in [0.1, 0.15) is 52.4 Å². The molecule has 0 aliphatic rings. The Balaban J connectivity index is 4.04. The van der Waals surface area contributed by atoms with Crippen LogP contribution in [0.2, 0.25) is 0 Å². The summed E-state index contributed by atoms with van der Waals surface area (Å²) in [6, 6.07) is 0. The summed E-state index contributed by atoms with van der Waals surface area (Å²) in [4.78, 5) is 11.5. The summed E-state index contributed by atoms with van der Waals surface area (Å²) < 4.78 is 10.3. The van der Waals surface area contributed by atoms with Crippen molar-refractivity contribution in [2.75, 3.05) is 26.9 Å². The summed E-state index contributed by atoms with van der Waals surface area (Å²) in [6.45, 7) is 5.85. The highest BCUT2D eigenvalue weighted by Gasteiger charge is 2.35. The van der Waals surface area contributed by atoms with E-state index >= 15 is 0 Å². The molecule has 0 aliphatic carbocycles. The molecule has 4 heteroatoms. The molecule has 0 saturated carbocycles. The molecule has 0 bridgehead atoms. The van der Waals surface area contributed by atoms with Gasteiger partial charge in [-0.25, -0.2) is 0 Å². The second-order valence-corrected chi connectivity index (χ2v) is 4.75. The fraction of sp³-hybridized carbons (Fsp3) is 0.929. The molecule has 1 N–H and O–H groups in total. The van der Waals surface area contributed by atoms with Gasteiger partial charge in [-0.2, -0.15) is 0 Å². The molecule has 1 atom stereocenters. The van der Waals surface area contributed by atoms with E-state index < -0.39 is 11.4 Å². The molecular weight excluding hydrogens is 232 g/mol. The molecule has 108 valence electrons. The molecule has 0 rings (SSSR count). The Hall–Kier alpha value is -0.610. The Morgan fingerprint density at radius 1 is 1.11 bits per heavy atom. The third-order valence-electron chi connectivity index (χ3n) is 3.52. The number of rotatable bonds is 12. The zero-order valence-corrected chi connectivity index (χ0v) is 12.0. The van der Waals surface area contributed by atoms with Crippen LogP contribution < -0.4 is 0 Å². The molecule has 1 unspecified atom stereocenters. The van der Waals surface area contributed by atoms with Gasteiger partial charge in [-0.05, 0) is 25.7 Å². The number of aliphatic carboxylic acids is 1. The number of hydrogen-bond donors (Lipinski definition) is 1. The molecule has 0 spiro atoms. The van der Waals surface area contributed by atoms with Gasteiger partial charge in [0.15, 0.2) is 0 Å². The second kappa shape index (κ2) is 10.3. The maximum Gasteiger partial charge on any atom is 0.309 e. The van der Waals surface area contributed by atoms with Crippen molar-refractivity contribution in [2.24, 2.45) is 5.41 Å². The molecule has 0 aliphatic heterocycles. The van der Waals surface area contributed by atoms with E-state index in [4.69, 9.17) is 9.47 Å². The first-order chi connectivity index (χ1) is 8.63. The number of methoxy groups -OCH3 is 1. The van der Waals surface area contributed by atoms with Crippen molar-refractivity contribution in [1.82, 2.24) is 0 Å². The van der Waals surface area contributed by atoms with Gasteiger partial charge in [-0.15, -0.1) is 0 Å². The van der Waals surface area contributed by atoms with Crippen LogP contribution in [0.25, 0.3) is 0 Å². The molecule has 0 saturated heterocycles. The minimum absolute atomic E-state index is 0.555. The monoisotopic (exact) mass is 260 g/mol. The van der Waals surface area contributed by atoms with Gasteiger partial charge < -0.3 is 14.6 Å². The maximum absolute atomic E-state index is 11.5. The first-order valence-corrected chi connectivity index (χ1v) is 6.93. The highest BCUT2D eigenvalue weighted by Crippen LogP contribution is 2.34. The molecule has 4 nitrogen and oxygen atoms in total. The predicted octanol–water partition coefficient (Wildman–Crippen LogP) is 3.10. The van der Waals surface area contributed by atoms with Gasteiger partial charge in [0.05, 0.1) is 18.6 Å². The van der Waals surface area contributed by atoms with Gasteiger partial charge in [0.1, 0.15) is 0 Å². The Kier molecular flexibility index (Phi) is 9.98. The first-order valence-electron chi connectivity index (χ1n) is 6.93. The van der Waals surface area contributed by atoms with Gasteiger partial charge in [0, 0.05) is 13.7 Å². The Labute approximate surface area is 111 Å². The fourth-order valence-corrected chi connectivity index (χ4v) is 2.12. The molecule has 18 heavy (non-hydrogen) atoms. The van der Waals surface area contributed by atoms with Gasteiger partial charge in [-0.1, -0.05) is 26.7 Å². The third-order valence-corrected chi connectivity index (χ3v) is 3.52. The quantitative estimate of drug-likeness (QED) is 0.548. The summed E-state index contributed by atoms with van der Waals surface area (Å²) in [5, 5.41) is 9.43.